The summed E-state index contributed by atoms with van der Waals surface area (Å²) in [5.74, 6) is -0.321. The second kappa shape index (κ2) is 4.32. The van der Waals surface area contributed by atoms with E-state index in [-0.39, 0.29) is 5.97 Å². The van der Waals surface area contributed by atoms with Crippen molar-refractivity contribution < 1.29 is 9.53 Å². The van der Waals surface area contributed by atoms with E-state index in [1.165, 1.54) is 18.0 Å². The molecule has 4 nitrogen and oxygen atoms in total. The first kappa shape index (κ1) is 10.1. The van der Waals surface area contributed by atoms with Crippen LogP contribution in [0.3, 0.4) is 0 Å². The van der Waals surface area contributed by atoms with E-state index in [2.05, 4.69) is 4.98 Å². The van der Waals surface area contributed by atoms with Crippen LogP contribution in [0.2, 0.25) is 0 Å². The second-order valence-electron chi connectivity index (χ2n) is 2.41. The van der Waals surface area contributed by atoms with Gasteiger partial charge in [-0.25, -0.2) is 9.78 Å². The summed E-state index contributed by atoms with van der Waals surface area (Å²) in [5, 5.41) is 0.808. The lowest BCUT2D eigenvalue weighted by atomic mass is 10.5. The Morgan fingerprint density at radius 1 is 1.77 bits per heavy atom. The van der Waals surface area contributed by atoms with Gasteiger partial charge in [-0.15, -0.1) is 0 Å². The lowest BCUT2D eigenvalue weighted by Gasteiger charge is -2.02. The number of ether oxygens (including phenoxy) is 1. The van der Waals surface area contributed by atoms with Gasteiger partial charge >= 0.3 is 5.97 Å². The van der Waals surface area contributed by atoms with Crippen molar-refractivity contribution in [3.8, 4) is 0 Å². The Balaban J connectivity index is 2.89. The van der Waals surface area contributed by atoms with E-state index in [1.807, 2.05) is 6.26 Å². The number of imidazole rings is 1. The van der Waals surface area contributed by atoms with Crippen LogP contribution in [0.15, 0.2) is 11.4 Å². The zero-order chi connectivity index (χ0) is 9.84. The minimum absolute atomic E-state index is 0.321. The zero-order valence-corrected chi connectivity index (χ0v) is 8.72. The maximum Gasteiger partial charge on any atom is 0.356 e. The Labute approximate surface area is 81.3 Å². The lowest BCUT2D eigenvalue weighted by Crippen LogP contribution is -2.09. The number of carbonyl (C=O) groups excluding carboxylic acids is 1. The van der Waals surface area contributed by atoms with Crippen LogP contribution >= 0.6 is 11.8 Å². The van der Waals surface area contributed by atoms with Gasteiger partial charge in [-0.3, -0.25) is 0 Å². The van der Waals surface area contributed by atoms with Gasteiger partial charge in [0.25, 0.3) is 0 Å². The van der Waals surface area contributed by atoms with E-state index in [4.69, 9.17) is 4.74 Å². The van der Waals surface area contributed by atoms with Crippen molar-refractivity contribution in [1.29, 1.82) is 0 Å². The maximum absolute atomic E-state index is 11.3. The molecule has 0 aliphatic rings. The van der Waals surface area contributed by atoms with Crippen molar-refractivity contribution in [2.75, 3.05) is 12.9 Å². The van der Waals surface area contributed by atoms with Crippen LogP contribution in [0.1, 0.15) is 17.4 Å². The van der Waals surface area contributed by atoms with Crippen molar-refractivity contribution in [2.45, 2.75) is 12.1 Å². The molecule has 13 heavy (non-hydrogen) atoms. The third kappa shape index (κ3) is 2.03. The van der Waals surface area contributed by atoms with Gasteiger partial charge in [0.2, 0.25) is 0 Å². The van der Waals surface area contributed by atoms with Crippen LogP contribution in [0, 0.1) is 0 Å². The van der Waals surface area contributed by atoms with E-state index in [0.717, 1.165) is 5.16 Å². The lowest BCUT2D eigenvalue weighted by molar-refractivity contribution is 0.0514. The Hall–Kier alpha value is -0.970. The van der Waals surface area contributed by atoms with E-state index in [9.17, 15) is 4.79 Å². The molecule has 0 unspecified atom stereocenters. The molecule has 1 heterocycles. The molecule has 0 N–H and O–H groups in total. The standard InChI is InChI=1S/C8H12N2O2S/c1-4-12-7(11)6-5-9-8(13-3)10(6)2/h5H,4H2,1-3H3. The summed E-state index contributed by atoms with van der Waals surface area (Å²) in [7, 11) is 1.80. The SMILES string of the molecule is CCOC(=O)c1cnc(SC)n1C. The predicted molar refractivity (Wildman–Crippen MR) is 50.9 cm³/mol. The number of rotatable bonds is 3. The minimum atomic E-state index is -0.321. The molecule has 0 atom stereocenters. The molecule has 0 fully saturated rings. The highest BCUT2D eigenvalue weighted by Gasteiger charge is 2.13. The number of carbonyl (C=O) groups is 1. The van der Waals surface area contributed by atoms with Gasteiger partial charge in [-0.1, -0.05) is 11.8 Å². The summed E-state index contributed by atoms with van der Waals surface area (Å²) >= 11 is 1.50. The van der Waals surface area contributed by atoms with Crippen molar-refractivity contribution in [2.24, 2.45) is 7.05 Å². The summed E-state index contributed by atoms with van der Waals surface area (Å²) in [4.78, 5) is 15.4. The summed E-state index contributed by atoms with van der Waals surface area (Å²) in [6.45, 7) is 2.17. The summed E-state index contributed by atoms with van der Waals surface area (Å²) in [6.07, 6.45) is 3.45. The predicted octanol–water partition coefficient (Wildman–Crippen LogP) is 1.32. The number of esters is 1. The molecule has 0 bridgehead atoms. The van der Waals surface area contributed by atoms with E-state index >= 15 is 0 Å². The van der Waals surface area contributed by atoms with E-state index < -0.39 is 0 Å². The van der Waals surface area contributed by atoms with Crippen molar-refractivity contribution in [3.05, 3.63) is 11.9 Å². The number of thioether (sulfide) groups is 1. The van der Waals surface area contributed by atoms with Crippen molar-refractivity contribution in [3.63, 3.8) is 0 Å². The quantitative estimate of drug-likeness (QED) is 0.545. The minimum Gasteiger partial charge on any atom is -0.461 e. The summed E-state index contributed by atoms with van der Waals surface area (Å²) < 4.78 is 6.58. The third-order valence-corrected chi connectivity index (χ3v) is 2.36. The molecular weight excluding hydrogens is 188 g/mol. The van der Waals surface area contributed by atoms with Gasteiger partial charge in [-0.05, 0) is 13.2 Å². The van der Waals surface area contributed by atoms with Gasteiger partial charge in [-0.2, -0.15) is 0 Å². The molecule has 0 saturated heterocycles. The Morgan fingerprint density at radius 3 is 2.92 bits per heavy atom. The summed E-state index contributed by atoms with van der Waals surface area (Å²) in [5.41, 5.74) is 0.492. The van der Waals surface area contributed by atoms with Crippen LogP contribution < -0.4 is 0 Å². The Kier molecular flexibility index (Phi) is 3.36. The number of hydrogen-bond acceptors (Lipinski definition) is 4. The molecule has 5 heteroatoms. The topological polar surface area (TPSA) is 44.1 Å². The maximum atomic E-state index is 11.3. The molecule has 0 radical (unpaired) electrons. The van der Waals surface area contributed by atoms with Crippen LogP contribution in [0.5, 0.6) is 0 Å². The Morgan fingerprint density at radius 2 is 2.46 bits per heavy atom. The third-order valence-electron chi connectivity index (χ3n) is 1.61. The van der Waals surface area contributed by atoms with Crippen LogP contribution in [-0.4, -0.2) is 28.4 Å². The highest BCUT2D eigenvalue weighted by molar-refractivity contribution is 7.98. The summed E-state index contributed by atoms with van der Waals surface area (Å²) in [6, 6.07) is 0. The molecule has 0 aliphatic carbocycles. The average molecular weight is 200 g/mol. The number of aromatic nitrogens is 2. The van der Waals surface area contributed by atoms with E-state index in [1.54, 1.807) is 18.5 Å². The molecule has 0 saturated carbocycles. The van der Waals surface area contributed by atoms with Gasteiger partial charge in [0.15, 0.2) is 5.16 Å². The zero-order valence-electron chi connectivity index (χ0n) is 7.90. The molecule has 1 aromatic heterocycles. The molecule has 0 aliphatic heterocycles. The van der Waals surface area contributed by atoms with Gasteiger partial charge in [0.05, 0.1) is 12.8 Å². The highest BCUT2D eigenvalue weighted by atomic mass is 32.2. The van der Waals surface area contributed by atoms with Crippen LogP contribution in [-0.2, 0) is 11.8 Å². The van der Waals surface area contributed by atoms with Crippen molar-refractivity contribution >= 4 is 17.7 Å². The fraction of sp³-hybridized carbons (Fsp3) is 0.500. The molecule has 72 valence electrons. The monoisotopic (exact) mass is 200 g/mol. The average Bonchev–Trinajstić information content (AvgIpc) is 2.47. The first-order valence-electron chi connectivity index (χ1n) is 3.93. The molecule has 1 aromatic rings. The first-order chi connectivity index (χ1) is 6.20. The van der Waals surface area contributed by atoms with Crippen molar-refractivity contribution in [1.82, 2.24) is 9.55 Å². The largest absolute Gasteiger partial charge is 0.461 e. The molecule has 0 amide bonds. The highest BCUT2D eigenvalue weighted by Crippen LogP contribution is 2.14. The van der Waals surface area contributed by atoms with E-state index in [0.29, 0.717) is 12.3 Å². The second-order valence-corrected chi connectivity index (χ2v) is 3.18. The number of nitrogens with zero attached hydrogens (tertiary/aromatic N) is 2. The molecular formula is C8H12N2O2S. The van der Waals surface area contributed by atoms with Gasteiger partial charge in [0, 0.05) is 7.05 Å². The van der Waals surface area contributed by atoms with Gasteiger partial charge < -0.3 is 9.30 Å². The fourth-order valence-corrected chi connectivity index (χ4v) is 1.51. The number of hydrogen-bond donors (Lipinski definition) is 0. The first-order valence-corrected chi connectivity index (χ1v) is 5.16. The molecule has 0 spiro atoms. The Bertz CT molecular complexity index is 309. The fourth-order valence-electron chi connectivity index (χ4n) is 0.977. The van der Waals surface area contributed by atoms with Crippen LogP contribution in [0.25, 0.3) is 0 Å². The van der Waals surface area contributed by atoms with Gasteiger partial charge in [0.1, 0.15) is 5.69 Å². The smallest absolute Gasteiger partial charge is 0.356 e. The normalized spacial score (nSPS) is 10.1. The van der Waals surface area contributed by atoms with Crippen LogP contribution in [0.4, 0.5) is 0 Å². The molecule has 1 rings (SSSR count). The molecule has 0 aromatic carbocycles.